The minimum Gasteiger partial charge on any atom is -0.478 e. The second-order valence-electron chi connectivity index (χ2n) is 8.35. The highest BCUT2D eigenvalue weighted by molar-refractivity contribution is 7.92. The van der Waals surface area contributed by atoms with Gasteiger partial charge in [-0.1, -0.05) is 61.5 Å². The number of fused-ring (bicyclic) bond motifs is 3. The van der Waals surface area contributed by atoms with E-state index in [1.54, 1.807) is 48.5 Å². The molecule has 4 aromatic rings. The van der Waals surface area contributed by atoms with E-state index in [4.69, 9.17) is 0 Å². The monoisotopic (exact) mass is 487 g/mol. The van der Waals surface area contributed by atoms with Gasteiger partial charge in [-0.2, -0.15) is 0 Å². The number of carbonyl (C=O) groups is 1. The first-order chi connectivity index (χ1) is 16.8. The molecule has 0 aliphatic carbocycles. The van der Waals surface area contributed by atoms with Gasteiger partial charge in [0.15, 0.2) is 0 Å². The zero-order chi connectivity index (χ0) is 24.7. The van der Waals surface area contributed by atoms with Crippen LogP contribution in [0.15, 0.2) is 95.9 Å². The van der Waals surface area contributed by atoms with Crippen LogP contribution in [0.25, 0.3) is 22.3 Å². The van der Waals surface area contributed by atoms with E-state index in [-0.39, 0.29) is 10.5 Å². The fraction of sp³-hybridized carbons (Fsp3) is 0.107. The maximum atomic E-state index is 14.2. The van der Waals surface area contributed by atoms with Gasteiger partial charge in [0.25, 0.3) is 10.0 Å². The molecule has 0 radical (unpaired) electrons. The fourth-order valence-electron chi connectivity index (χ4n) is 4.77. The number of carboxylic acid groups (broad SMARTS) is 1. The van der Waals surface area contributed by atoms with Crippen molar-refractivity contribution in [2.24, 2.45) is 0 Å². The number of benzene rings is 4. The molecule has 0 spiro atoms. The standard InChI is InChI=1S/C28H22FNO4S/c1-2-26-25-17-19(29)13-16-22(25)23-8-5-6-10-27(23)30(26)35(33,34)20-14-11-18(12-15-20)21-7-3-4-9-24(21)28(31)32/h3-17,26H,2H2,1H3,(H,31,32). The smallest absolute Gasteiger partial charge is 0.336 e. The summed E-state index contributed by atoms with van der Waals surface area (Å²) in [7, 11) is -4.02. The molecule has 0 fully saturated rings. The molecule has 1 unspecified atom stereocenters. The lowest BCUT2D eigenvalue weighted by Gasteiger charge is -2.39. The van der Waals surface area contributed by atoms with Crippen molar-refractivity contribution in [1.82, 2.24) is 0 Å². The van der Waals surface area contributed by atoms with Crippen LogP contribution in [0.2, 0.25) is 0 Å². The highest BCUT2D eigenvalue weighted by atomic mass is 32.2. The Morgan fingerprint density at radius 1 is 0.886 bits per heavy atom. The zero-order valence-corrected chi connectivity index (χ0v) is 19.7. The van der Waals surface area contributed by atoms with E-state index in [0.29, 0.717) is 28.8 Å². The Labute approximate surface area is 203 Å². The van der Waals surface area contributed by atoms with Gasteiger partial charge in [-0.25, -0.2) is 17.6 Å². The van der Waals surface area contributed by atoms with E-state index in [1.165, 1.54) is 34.6 Å². The Morgan fingerprint density at radius 2 is 1.54 bits per heavy atom. The van der Waals surface area contributed by atoms with Gasteiger partial charge < -0.3 is 5.11 Å². The van der Waals surface area contributed by atoms with Crippen LogP contribution in [0.5, 0.6) is 0 Å². The van der Waals surface area contributed by atoms with Crippen LogP contribution in [0.3, 0.4) is 0 Å². The van der Waals surface area contributed by atoms with Crippen molar-refractivity contribution in [1.29, 1.82) is 0 Å². The molecule has 1 N–H and O–H groups in total. The van der Waals surface area contributed by atoms with Crippen molar-refractivity contribution in [2.45, 2.75) is 24.3 Å². The number of halogens is 1. The Morgan fingerprint density at radius 3 is 2.23 bits per heavy atom. The number of anilines is 1. The Bertz CT molecular complexity index is 1550. The van der Waals surface area contributed by atoms with Gasteiger partial charge in [0, 0.05) is 5.56 Å². The molecule has 1 aliphatic heterocycles. The lowest BCUT2D eigenvalue weighted by atomic mass is 9.88. The summed E-state index contributed by atoms with van der Waals surface area (Å²) in [5.41, 5.74) is 3.95. The van der Waals surface area contributed by atoms with Crippen LogP contribution in [0.4, 0.5) is 10.1 Å². The maximum Gasteiger partial charge on any atom is 0.336 e. The summed E-state index contributed by atoms with van der Waals surface area (Å²) >= 11 is 0. The molecule has 1 heterocycles. The SMILES string of the molecule is CCC1c2cc(F)ccc2-c2ccccc2N1S(=O)(=O)c1ccc(-c2ccccc2C(=O)O)cc1. The number of carboxylic acids is 1. The lowest BCUT2D eigenvalue weighted by Crippen LogP contribution is -2.37. The molecule has 4 aromatic carbocycles. The second kappa shape index (κ2) is 8.67. The van der Waals surface area contributed by atoms with Gasteiger partial charge in [0.05, 0.1) is 22.2 Å². The van der Waals surface area contributed by atoms with Gasteiger partial charge in [-0.3, -0.25) is 4.31 Å². The van der Waals surface area contributed by atoms with Crippen LogP contribution in [-0.4, -0.2) is 19.5 Å². The molecule has 0 saturated heterocycles. The molecule has 0 bridgehead atoms. The van der Waals surface area contributed by atoms with Crippen molar-refractivity contribution in [3.8, 4) is 22.3 Å². The number of nitrogens with zero attached hydrogens (tertiary/aromatic N) is 1. The summed E-state index contributed by atoms with van der Waals surface area (Å²) in [6.45, 7) is 1.88. The number of para-hydroxylation sites is 1. The Hall–Kier alpha value is -3.97. The van der Waals surface area contributed by atoms with Crippen molar-refractivity contribution in [3.05, 3.63) is 108 Å². The van der Waals surface area contributed by atoms with Gasteiger partial charge in [-0.05, 0) is 65.1 Å². The molecule has 7 heteroatoms. The first-order valence-electron chi connectivity index (χ1n) is 11.2. The number of sulfonamides is 1. The molecule has 0 amide bonds. The third-order valence-electron chi connectivity index (χ3n) is 6.35. The van der Waals surface area contributed by atoms with Crippen molar-refractivity contribution in [3.63, 3.8) is 0 Å². The Balaban J connectivity index is 1.62. The zero-order valence-electron chi connectivity index (χ0n) is 18.9. The normalized spacial score (nSPS) is 14.8. The van der Waals surface area contributed by atoms with E-state index < -0.39 is 27.9 Å². The van der Waals surface area contributed by atoms with Gasteiger partial charge >= 0.3 is 5.97 Å². The highest BCUT2D eigenvalue weighted by Gasteiger charge is 2.38. The molecule has 1 aliphatic rings. The number of aromatic carboxylic acids is 1. The van der Waals surface area contributed by atoms with Crippen LogP contribution in [-0.2, 0) is 10.0 Å². The minimum atomic E-state index is -4.02. The van der Waals surface area contributed by atoms with Crippen molar-refractivity contribution >= 4 is 21.7 Å². The quantitative estimate of drug-likeness (QED) is 0.348. The first kappa shape index (κ1) is 22.8. The van der Waals surface area contributed by atoms with Crippen molar-refractivity contribution in [2.75, 3.05) is 4.31 Å². The van der Waals surface area contributed by atoms with E-state index in [9.17, 15) is 22.7 Å². The number of rotatable bonds is 5. The van der Waals surface area contributed by atoms with Crippen LogP contribution < -0.4 is 4.31 Å². The summed E-state index contributed by atoms with van der Waals surface area (Å²) in [6, 6.07) is 23.9. The molecule has 0 saturated carbocycles. The fourth-order valence-corrected chi connectivity index (χ4v) is 6.49. The number of hydrogen-bond acceptors (Lipinski definition) is 3. The van der Waals surface area contributed by atoms with Crippen LogP contribution in [0.1, 0.15) is 35.3 Å². The summed E-state index contributed by atoms with van der Waals surface area (Å²) in [5, 5.41) is 9.50. The summed E-state index contributed by atoms with van der Waals surface area (Å²) in [4.78, 5) is 11.7. The summed E-state index contributed by atoms with van der Waals surface area (Å²) in [5.74, 6) is -1.47. The minimum absolute atomic E-state index is 0.0714. The van der Waals surface area contributed by atoms with E-state index in [1.807, 2.05) is 19.1 Å². The van der Waals surface area contributed by atoms with E-state index >= 15 is 0 Å². The molecular formula is C28H22FNO4S. The third-order valence-corrected chi connectivity index (χ3v) is 8.19. The third kappa shape index (κ3) is 3.78. The summed E-state index contributed by atoms with van der Waals surface area (Å²) in [6.07, 6.45) is 0.452. The molecular weight excluding hydrogens is 465 g/mol. The van der Waals surface area contributed by atoms with Crippen molar-refractivity contribution < 1.29 is 22.7 Å². The molecule has 176 valence electrons. The van der Waals surface area contributed by atoms with E-state index in [2.05, 4.69) is 0 Å². The average molecular weight is 488 g/mol. The van der Waals surface area contributed by atoms with Crippen LogP contribution in [0, 0.1) is 5.82 Å². The lowest BCUT2D eigenvalue weighted by molar-refractivity contribution is 0.0697. The molecule has 5 rings (SSSR count). The molecule has 0 aromatic heterocycles. The molecule has 35 heavy (non-hydrogen) atoms. The predicted molar refractivity (Wildman–Crippen MR) is 133 cm³/mol. The van der Waals surface area contributed by atoms with E-state index in [0.717, 1.165) is 11.1 Å². The Kier molecular flexibility index (Phi) is 5.65. The highest BCUT2D eigenvalue weighted by Crippen LogP contribution is 2.48. The maximum absolute atomic E-state index is 14.2. The van der Waals surface area contributed by atoms with Gasteiger partial charge in [0.1, 0.15) is 5.82 Å². The largest absolute Gasteiger partial charge is 0.478 e. The predicted octanol–water partition coefficient (Wildman–Crippen LogP) is 6.52. The molecule has 1 atom stereocenters. The van der Waals surface area contributed by atoms with Gasteiger partial charge in [0.2, 0.25) is 0 Å². The molecule has 5 nitrogen and oxygen atoms in total. The topological polar surface area (TPSA) is 74.7 Å². The average Bonchev–Trinajstić information content (AvgIpc) is 2.87. The van der Waals surface area contributed by atoms with Gasteiger partial charge in [-0.15, -0.1) is 0 Å². The number of hydrogen-bond donors (Lipinski definition) is 1. The van der Waals surface area contributed by atoms with Crippen LogP contribution >= 0.6 is 0 Å². The first-order valence-corrected chi connectivity index (χ1v) is 12.6. The second-order valence-corrected chi connectivity index (χ2v) is 10.2. The summed E-state index contributed by atoms with van der Waals surface area (Å²) < 4.78 is 43.5.